The molecule has 1 aromatic heterocycles. The van der Waals surface area contributed by atoms with Gasteiger partial charge < -0.3 is 10.6 Å². The summed E-state index contributed by atoms with van der Waals surface area (Å²) in [7, 11) is -3.91. The van der Waals surface area contributed by atoms with E-state index < -0.39 is 21.5 Å². The molecular weight excluding hydrogens is 494 g/mol. The number of rotatable bonds is 6. The second-order valence-corrected chi connectivity index (χ2v) is 11.7. The molecule has 3 aromatic carbocycles. The highest BCUT2D eigenvalue weighted by atomic mass is 32.2. The van der Waals surface area contributed by atoms with Crippen LogP contribution in [0.4, 0.5) is 0 Å². The summed E-state index contributed by atoms with van der Waals surface area (Å²) in [6.45, 7) is -0.135. The van der Waals surface area contributed by atoms with Gasteiger partial charge in [-0.2, -0.15) is 4.31 Å². The van der Waals surface area contributed by atoms with Crippen molar-refractivity contribution in [2.24, 2.45) is 5.73 Å². The van der Waals surface area contributed by atoms with Crippen molar-refractivity contribution >= 4 is 43.9 Å². The smallest absolute Gasteiger partial charge is 0.264 e. The van der Waals surface area contributed by atoms with Crippen molar-refractivity contribution in [3.63, 3.8) is 0 Å². The Morgan fingerprint density at radius 1 is 0.889 bits per heavy atom. The third-order valence-corrected chi connectivity index (χ3v) is 9.37. The Kier molecular flexibility index (Phi) is 6.38. The lowest BCUT2D eigenvalue weighted by Crippen LogP contribution is -2.70. The zero-order valence-electron chi connectivity index (χ0n) is 19.4. The molecule has 0 spiro atoms. The first-order valence-corrected chi connectivity index (χ1v) is 13.8. The Bertz CT molecular complexity index is 1520. The minimum absolute atomic E-state index is 0.0410. The number of hydrogen-bond acceptors (Lipinski definition) is 5. The summed E-state index contributed by atoms with van der Waals surface area (Å²) < 4.78 is 28.3. The van der Waals surface area contributed by atoms with E-state index >= 15 is 0 Å². The van der Waals surface area contributed by atoms with Gasteiger partial charge in [0.25, 0.3) is 5.91 Å². The van der Waals surface area contributed by atoms with Gasteiger partial charge in [0.1, 0.15) is 5.54 Å². The molecule has 2 N–H and O–H groups in total. The molecule has 0 saturated carbocycles. The molecule has 1 aliphatic rings. The summed E-state index contributed by atoms with van der Waals surface area (Å²) >= 11 is 1.27. The van der Waals surface area contributed by atoms with E-state index in [9.17, 15) is 18.0 Å². The first-order chi connectivity index (χ1) is 17.3. The van der Waals surface area contributed by atoms with Crippen molar-refractivity contribution in [1.82, 2.24) is 9.21 Å². The predicted octanol–water partition coefficient (Wildman–Crippen LogP) is 3.51. The summed E-state index contributed by atoms with van der Waals surface area (Å²) in [6, 6.07) is 25.2. The van der Waals surface area contributed by atoms with Gasteiger partial charge >= 0.3 is 0 Å². The van der Waals surface area contributed by atoms with Crippen LogP contribution in [0.1, 0.15) is 15.2 Å². The van der Waals surface area contributed by atoms with Crippen LogP contribution in [-0.4, -0.2) is 54.6 Å². The highest BCUT2D eigenvalue weighted by Gasteiger charge is 2.51. The van der Waals surface area contributed by atoms with Crippen molar-refractivity contribution in [3.8, 4) is 0 Å². The maximum Gasteiger partial charge on any atom is 0.264 e. The lowest BCUT2D eigenvalue weighted by atomic mass is 9.85. The van der Waals surface area contributed by atoms with Crippen LogP contribution in [0.3, 0.4) is 0 Å². The topological polar surface area (TPSA) is 101 Å². The Balaban J connectivity index is 1.59. The van der Waals surface area contributed by atoms with Gasteiger partial charge in [-0.05, 0) is 39.9 Å². The summed E-state index contributed by atoms with van der Waals surface area (Å²) in [5.74, 6) is -1.07. The van der Waals surface area contributed by atoms with Gasteiger partial charge in [-0.15, -0.1) is 11.3 Å². The van der Waals surface area contributed by atoms with Crippen molar-refractivity contribution in [2.45, 2.75) is 16.9 Å². The number of carbonyl (C=O) groups excluding carboxylic acids is 2. The number of sulfonamides is 1. The van der Waals surface area contributed by atoms with Crippen molar-refractivity contribution in [1.29, 1.82) is 0 Å². The molecule has 9 heteroatoms. The molecule has 1 fully saturated rings. The molecule has 0 bridgehead atoms. The number of nitrogens with two attached hydrogens (primary N) is 1. The van der Waals surface area contributed by atoms with Crippen LogP contribution in [-0.2, 0) is 21.2 Å². The standard InChI is InChI=1S/C27H25N3O4S2/c28-26(32)27(18-20-12-13-21-7-4-5-8-22(21)17-20)19-29(36(33,34)23-9-2-1-3-10-23)14-15-30(27)25(31)24-11-6-16-35-24/h1-13,16-17H,14-15,18-19H2,(H2,28,32). The zero-order chi connectivity index (χ0) is 25.3. The van der Waals surface area contributed by atoms with Gasteiger partial charge in [-0.1, -0.05) is 66.7 Å². The fourth-order valence-corrected chi connectivity index (χ4v) is 6.97. The molecule has 1 saturated heterocycles. The van der Waals surface area contributed by atoms with Crippen molar-refractivity contribution in [2.75, 3.05) is 19.6 Å². The summed E-state index contributed by atoms with van der Waals surface area (Å²) in [6.07, 6.45) is 0.0884. The van der Waals surface area contributed by atoms with Crippen LogP contribution in [0.5, 0.6) is 0 Å². The largest absolute Gasteiger partial charge is 0.368 e. The molecule has 184 valence electrons. The molecule has 2 amide bonds. The second kappa shape index (κ2) is 9.50. The van der Waals surface area contributed by atoms with Crippen LogP contribution in [0.2, 0.25) is 0 Å². The maximum absolute atomic E-state index is 13.6. The molecule has 1 aliphatic heterocycles. The van der Waals surface area contributed by atoms with Crippen LogP contribution in [0.25, 0.3) is 10.8 Å². The number of piperazine rings is 1. The Hall–Kier alpha value is -3.53. The van der Waals surface area contributed by atoms with Gasteiger partial charge in [0.2, 0.25) is 15.9 Å². The fourth-order valence-electron chi connectivity index (χ4n) is 4.79. The number of carbonyl (C=O) groups is 2. The lowest BCUT2D eigenvalue weighted by Gasteiger charge is -2.48. The normalized spacial score (nSPS) is 18.8. The highest BCUT2D eigenvalue weighted by Crippen LogP contribution is 2.32. The Morgan fingerprint density at radius 3 is 2.31 bits per heavy atom. The molecule has 5 rings (SSSR count). The summed E-state index contributed by atoms with van der Waals surface area (Å²) in [5.41, 5.74) is 5.26. The Labute approximate surface area is 213 Å². The molecule has 4 aromatic rings. The fraction of sp³-hybridized carbons (Fsp3) is 0.185. The van der Waals surface area contributed by atoms with Gasteiger partial charge in [-0.25, -0.2) is 8.42 Å². The van der Waals surface area contributed by atoms with E-state index in [2.05, 4.69) is 0 Å². The van der Waals surface area contributed by atoms with Crippen LogP contribution < -0.4 is 5.73 Å². The number of benzene rings is 3. The number of nitrogens with zero attached hydrogens (tertiary/aromatic N) is 2. The van der Waals surface area contributed by atoms with Crippen molar-refractivity contribution < 1.29 is 18.0 Å². The molecule has 1 unspecified atom stereocenters. The van der Waals surface area contributed by atoms with E-state index in [4.69, 9.17) is 5.73 Å². The van der Waals surface area contributed by atoms with E-state index in [1.807, 2.05) is 42.5 Å². The quantitative estimate of drug-likeness (QED) is 0.421. The van der Waals surface area contributed by atoms with Gasteiger partial charge in [0.15, 0.2) is 0 Å². The number of thiophene rings is 1. The SMILES string of the molecule is NC(=O)C1(Cc2ccc3ccccc3c2)CN(S(=O)(=O)c2ccccc2)CCN1C(=O)c1cccs1. The third-order valence-electron chi connectivity index (χ3n) is 6.65. The third kappa shape index (κ3) is 4.30. The maximum atomic E-state index is 13.6. The zero-order valence-corrected chi connectivity index (χ0v) is 21.0. The van der Waals surface area contributed by atoms with Crippen LogP contribution >= 0.6 is 11.3 Å². The van der Waals surface area contributed by atoms with E-state index in [1.54, 1.807) is 35.7 Å². The van der Waals surface area contributed by atoms with Crippen LogP contribution in [0.15, 0.2) is 95.2 Å². The number of hydrogen-bond donors (Lipinski definition) is 1. The molecule has 1 atom stereocenters. The average Bonchev–Trinajstić information content (AvgIpc) is 3.44. The second-order valence-electron chi connectivity index (χ2n) is 8.84. The van der Waals surface area contributed by atoms with E-state index in [0.29, 0.717) is 4.88 Å². The molecule has 36 heavy (non-hydrogen) atoms. The summed E-state index contributed by atoms with van der Waals surface area (Å²) in [5, 5.41) is 3.81. The van der Waals surface area contributed by atoms with Gasteiger partial charge in [-0.3, -0.25) is 9.59 Å². The predicted molar refractivity (Wildman–Crippen MR) is 140 cm³/mol. The summed E-state index contributed by atoms with van der Waals surface area (Å²) in [4.78, 5) is 28.9. The average molecular weight is 520 g/mol. The monoisotopic (exact) mass is 519 g/mol. The Morgan fingerprint density at radius 2 is 1.61 bits per heavy atom. The highest BCUT2D eigenvalue weighted by molar-refractivity contribution is 7.89. The first-order valence-electron chi connectivity index (χ1n) is 11.5. The van der Waals surface area contributed by atoms with Gasteiger partial charge in [0.05, 0.1) is 9.77 Å². The minimum atomic E-state index is -3.91. The van der Waals surface area contributed by atoms with E-state index in [0.717, 1.165) is 16.3 Å². The van der Waals surface area contributed by atoms with Gasteiger partial charge in [0, 0.05) is 26.1 Å². The van der Waals surface area contributed by atoms with E-state index in [-0.39, 0.29) is 36.9 Å². The molecule has 0 aliphatic carbocycles. The molecule has 0 radical (unpaired) electrons. The molecular formula is C27H25N3O4S2. The number of primary amides is 1. The minimum Gasteiger partial charge on any atom is -0.368 e. The molecule has 2 heterocycles. The van der Waals surface area contributed by atoms with Crippen LogP contribution in [0, 0.1) is 0 Å². The van der Waals surface area contributed by atoms with Crippen molar-refractivity contribution in [3.05, 3.63) is 101 Å². The molecule has 7 nitrogen and oxygen atoms in total. The van der Waals surface area contributed by atoms with E-state index in [1.165, 1.54) is 32.7 Å². The first kappa shape index (κ1) is 24.2. The number of fused-ring (bicyclic) bond motifs is 1. The number of amides is 2. The lowest BCUT2D eigenvalue weighted by molar-refractivity contribution is -0.131.